The quantitative estimate of drug-likeness (QED) is 0.0758. The SMILES string of the molecule is Cc1nc2c(C(=O)O)c(OCCN3CCN(CCn4c(C(=O)OC(C)(C)C)c(CCCOc5cccc6ccccc56)c5ccc(Cl)c(-c6c(C)nn(C)c6C)c54)CC3)ccc2[nH]1. The number of nitrogens with one attached hydrogen (secondary N) is 1. The molecule has 13 nitrogen and oxygen atoms in total. The number of piperazine rings is 1. The molecule has 0 bridgehead atoms. The van der Waals surface area contributed by atoms with Crippen LogP contribution in [0, 0.1) is 20.8 Å². The standard InChI is InChI=1S/C49H56ClN7O6/c1-30-41(31(2)54(7)53-30)42-37(50)18-17-36-35(15-11-28-61-39-16-10-13-33-12-8-9-14-34(33)39)46(48(60)63-49(4,5)6)57(45(36)42)26-25-55-21-23-56(24-22-55)27-29-62-40-20-19-38-44(43(40)47(58)59)52-32(3)51-38/h8-10,12-14,16-20H,11,15,21-29H2,1-7H3,(H,51,52)(H,58,59). The van der Waals surface area contributed by atoms with Gasteiger partial charge in [0.25, 0.3) is 0 Å². The number of aryl methyl sites for hydroxylation is 4. The van der Waals surface area contributed by atoms with E-state index in [2.05, 4.69) is 42.5 Å². The average molecular weight is 874 g/mol. The van der Waals surface area contributed by atoms with E-state index >= 15 is 0 Å². The highest BCUT2D eigenvalue weighted by Crippen LogP contribution is 2.42. The fourth-order valence-corrected chi connectivity index (χ4v) is 9.17. The molecule has 1 aliphatic heterocycles. The Morgan fingerprint density at radius 2 is 1.54 bits per heavy atom. The van der Waals surface area contributed by atoms with Gasteiger partial charge in [-0.25, -0.2) is 14.6 Å². The minimum absolute atomic E-state index is 0.0701. The van der Waals surface area contributed by atoms with Crippen LogP contribution in [0.15, 0.2) is 66.7 Å². The number of hydrogen-bond donors (Lipinski definition) is 2. The topological polar surface area (TPSA) is 140 Å². The van der Waals surface area contributed by atoms with Gasteiger partial charge in [0.15, 0.2) is 0 Å². The first kappa shape index (κ1) is 43.7. The van der Waals surface area contributed by atoms with Gasteiger partial charge in [-0.3, -0.25) is 14.5 Å². The number of nitrogens with zero attached hydrogens (tertiary/aromatic N) is 6. The van der Waals surface area contributed by atoms with Crippen LogP contribution in [-0.2, 0) is 24.8 Å². The second kappa shape index (κ2) is 18.1. The van der Waals surface area contributed by atoms with E-state index in [-0.39, 0.29) is 11.5 Å². The second-order valence-electron chi connectivity index (χ2n) is 17.4. The fourth-order valence-electron chi connectivity index (χ4n) is 8.92. The van der Waals surface area contributed by atoms with E-state index < -0.39 is 11.6 Å². The maximum absolute atomic E-state index is 14.6. The summed E-state index contributed by atoms with van der Waals surface area (Å²) in [4.78, 5) is 39.0. The summed E-state index contributed by atoms with van der Waals surface area (Å²) in [5, 5.41) is 18.5. The zero-order valence-electron chi connectivity index (χ0n) is 37.2. The number of halogens is 1. The molecule has 0 aliphatic carbocycles. The maximum atomic E-state index is 14.6. The molecule has 0 spiro atoms. The normalized spacial score (nSPS) is 14.0. The Labute approximate surface area is 372 Å². The lowest BCUT2D eigenvalue weighted by Crippen LogP contribution is -2.48. The molecule has 0 saturated carbocycles. The van der Waals surface area contributed by atoms with E-state index in [0.717, 1.165) is 81.7 Å². The van der Waals surface area contributed by atoms with E-state index in [4.69, 9.17) is 30.9 Å². The summed E-state index contributed by atoms with van der Waals surface area (Å²) in [6, 6.07) is 21.8. The number of hydrogen-bond acceptors (Lipinski definition) is 9. The number of aromatic nitrogens is 5. The van der Waals surface area contributed by atoms with E-state index in [1.54, 1.807) is 19.1 Å². The van der Waals surface area contributed by atoms with Crippen molar-refractivity contribution in [3.8, 4) is 22.6 Å². The third-order valence-corrected chi connectivity index (χ3v) is 12.2. The van der Waals surface area contributed by atoms with Gasteiger partial charge in [-0.05, 0) is 89.6 Å². The van der Waals surface area contributed by atoms with Gasteiger partial charge in [-0.2, -0.15) is 5.10 Å². The molecular formula is C49H56ClN7O6. The van der Waals surface area contributed by atoms with Crippen molar-refractivity contribution < 1.29 is 28.9 Å². The van der Waals surface area contributed by atoms with E-state index in [0.29, 0.717) is 79.0 Å². The summed E-state index contributed by atoms with van der Waals surface area (Å²) in [5.41, 5.74) is 6.41. The van der Waals surface area contributed by atoms with Crippen molar-refractivity contribution in [2.75, 3.05) is 52.5 Å². The molecule has 63 heavy (non-hydrogen) atoms. The van der Waals surface area contributed by atoms with Crippen molar-refractivity contribution >= 4 is 56.2 Å². The summed E-state index contributed by atoms with van der Waals surface area (Å²) < 4.78 is 22.7. The number of H-pyrrole nitrogens is 1. The number of carbonyl (C=O) groups is 2. The first-order valence-electron chi connectivity index (χ1n) is 21.7. The molecule has 0 amide bonds. The number of aromatic carboxylic acids is 1. The molecule has 7 aromatic rings. The molecule has 8 rings (SSSR count). The van der Waals surface area contributed by atoms with Crippen LogP contribution < -0.4 is 9.47 Å². The van der Waals surface area contributed by atoms with Crippen LogP contribution in [-0.4, -0.2) is 109 Å². The summed E-state index contributed by atoms with van der Waals surface area (Å²) in [6.07, 6.45) is 1.25. The Hall–Kier alpha value is -5.89. The van der Waals surface area contributed by atoms with Gasteiger partial charge in [0.2, 0.25) is 0 Å². The first-order chi connectivity index (χ1) is 30.2. The van der Waals surface area contributed by atoms with E-state index in [1.807, 2.05) is 82.7 Å². The number of carbonyl (C=O) groups excluding carboxylic acids is 1. The Kier molecular flexibility index (Phi) is 12.5. The summed E-state index contributed by atoms with van der Waals surface area (Å²) >= 11 is 7.20. The van der Waals surface area contributed by atoms with Gasteiger partial charge in [-0.1, -0.05) is 54.1 Å². The van der Waals surface area contributed by atoms with Crippen LogP contribution in [0.3, 0.4) is 0 Å². The molecule has 2 N–H and O–H groups in total. The smallest absolute Gasteiger partial charge is 0.355 e. The Balaban J connectivity index is 1.05. The number of aromatic amines is 1. The van der Waals surface area contributed by atoms with Crippen molar-refractivity contribution in [1.82, 2.24) is 34.1 Å². The summed E-state index contributed by atoms with van der Waals surface area (Å²) in [6.45, 7) is 17.5. The molecule has 4 heterocycles. The third kappa shape index (κ3) is 9.13. The number of esters is 1. The van der Waals surface area contributed by atoms with Crippen LogP contribution in [0.5, 0.6) is 11.5 Å². The van der Waals surface area contributed by atoms with Crippen LogP contribution in [0.25, 0.3) is 43.8 Å². The number of fused-ring (bicyclic) bond motifs is 3. The van der Waals surface area contributed by atoms with Crippen LogP contribution in [0.4, 0.5) is 0 Å². The molecule has 0 radical (unpaired) electrons. The lowest BCUT2D eigenvalue weighted by atomic mass is 9.98. The highest BCUT2D eigenvalue weighted by molar-refractivity contribution is 6.35. The first-order valence-corrected chi connectivity index (χ1v) is 22.0. The van der Waals surface area contributed by atoms with Gasteiger partial charge < -0.3 is 28.9 Å². The largest absolute Gasteiger partial charge is 0.493 e. The highest BCUT2D eigenvalue weighted by Gasteiger charge is 2.31. The zero-order chi connectivity index (χ0) is 44.6. The molecule has 14 heteroatoms. The van der Waals surface area contributed by atoms with Crippen molar-refractivity contribution in [1.29, 1.82) is 0 Å². The summed E-state index contributed by atoms with van der Waals surface area (Å²) in [7, 11) is 1.94. The van der Waals surface area contributed by atoms with Gasteiger partial charge in [-0.15, -0.1) is 0 Å². The molecule has 0 atom stereocenters. The number of benzene rings is 4. The minimum Gasteiger partial charge on any atom is -0.493 e. The molecule has 4 aromatic carbocycles. The maximum Gasteiger partial charge on any atom is 0.355 e. The number of carboxylic acids is 1. The van der Waals surface area contributed by atoms with E-state index in [1.165, 1.54) is 0 Å². The molecule has 330 valence electrons. The Morgan fingerprint density at radius 1 is 0.825 bits per heavy atom. The lowest BCUT2D eigenvalue weighted by Gasteiger charge is -2.34. The number of rotatable bonds is 15. The number of ether oxygens (including phenoxy) is 3. The van der Waals surface area contributed by atoms with Gasteiger partial charge in [0.1, 0.15) is 46.3 Å². The zero-order valence-corrected chi connectivity index (χ0v) is 37.9. The third-order valence-electron chi connectivity index (χ3n) is 11.9. The van der Waals surface area contributed by atoms with Crippen molar-refractivity contribution in [2.24, 2.45) is 7.05 Å². The summed E-state index contributed by atoms with van der Waals surface area (Å²) in [5.74, 6) is 0.353. The molecule has 0 unspecified atom stereocenters. The molecular weight excluding hydrogens is 818 g/mol. The molecule has 1 fully saturated rings. The lowest BCUT2D eigenvalue weighted by molar-refractivity contribution is 0.00557. The number of imidazole rings is 1. The number of carboxylic acid groups (broad SMARTS) is 1. The predicted octanol–water partition coefficient (Wildman–Crippen LogP) is 9.01. The monoisotopic (exact) mass is 873 g/mol. The minimum atomic E-state index is -1.07. The van der Waals surface area contributed by atoms with E-state index in [9.17, 15) is 14.7 Å². The Morgan fingerprint density at radius 3 is 2.25 bits per heavy atom. The van der Waals surface area contributed by atoms with Gasteiger partial charge in [0, 0.05) is 80.5 Å². The Bertz CT molecular complexity index is 2820. The van der Waals surface area contributed by atoms with Gasteiger partial charge >= 0.3 is 11.9 Å². The molecule has 3 aromatic heterocycles. The average Bonchev–Trinajstić information content (AvgIpc) is 3.86. The molecule has 1 saturated heterocycles. The fraction of sp³-hybridized carbons (Fsp3) is 0.388. The van der Waals surface area contributed by atoms with Crippen LogP contribution in [0.2, 0.25) is 5.02 Å². The van der Waals surface area contributed by atoms with Crippen LogP contribution >= 0.6 is 11.6 Å². The van der Waals surface area contributed by atoms with Gasteiger partial charge in [0.05, 0.1) is 28.4 Å². The second-order valence-corrected chi connectivity index (χ2v) is 17.8. The van der Waals surface area contributed by atoms with Crippen LogP contribution in [0.1, 0.15) is 70.8 Å². The van der Waals surface area contributed by atoms with Crippen molar-refractivity contribution in [3.63, 3.8) is 0 Å². The van der Waals surface area contributed by atoms with Crippen molar-refractivity contribution in [3.05, 3.63) is 106 Å². The highest BCUT2D eigenvalue weighted by atomic mass is 35.5. The molecule has 1 aliphatic rings. The van der Waals surface area contributed by atoms with Crippen molar-refractivity contribution in [2.45, 2.75) is 66.5 Å². The predicted molar refractivity (Wildman–Crippen MR) is 248 cm³/mol.